The first-order valence-corrected chi connectivity index (χ1v) is 7.20. The van der Waals surface area contributed by atoms with Crippen LogP contribution in [0.1, 0.15) is 30.0 Å². The summed E-state index contributed by atoms with van der Waals surface area (Å²) in [4.78, 5) is 27.4. The summed E-state index contributed by atoms with van der Waals surface area (Å²) in [6.07, 6.45) is 4.44. The van der Waals surface area contributed by atoms with Gasteiger partial charge >= 0.3 is 0 Å². The third-order valence-corrected chi connectivity index (χ3v) is 4.71. The summed E-state index contributed by atoms with van der Waals surface area (Å²) in [5.41, 5.74) is 2.53. The molecule has 6 heteroatoms. The Morgan fingerprint density at radius 2 is 2.32 bits per heavy atom. The van der Waals surface area contributed by atoms with Gasteiger partial charge in [0.2, 0.25) is 5.91 Å². The Balaban J connectivity index is 1.76. The lowest BCUT2D eigenvalue weighted by Gasteiger charge is -2.22. The van der Waals surface area contributed by atoms with Gasteiger partial charge < -0.3 is 14.6 Å². The van der Waals surface area contributed by atoms with Crippen LogP contribution in [0.15, 0.2) is 30.6 Å². The number of anilines is 1. The molecule has 2 atom stereocenters. The normalized spacial score (nSPS) is 23.0. The van der Waals surface area contributed by atoms with E-state index >= 15 is 0 Å². The molecule has 1 spiro atoms. The van der Waals surface area contributed by atoms with Crippen molar-refractivity contribution in [2.24, 2.45) is 0 Å². The van der Waals surface area contributed by atoms with Crippen LogP contribution in [0.4, 0.5) is 5.82 Å². The molecule has 112 valence electrons. The molecule has 0 bridgehead atoms. The molecule has 2 aliphatic rings. The molecule has 1 N–H and O–H groups in total. The molecule has 0 aromatic carbocycles. The van der Waals surface area contributed by atoms with Crippen molar-refractivity contribution in [3.63, 3.8) is 0 Å². The molecular formula is C16H15N3O3. The van der Waals surface area contributed by atoms with Crippen LogP contribution in [0.5, 0.6) is 0 Å². The summed E-state index contributed by atoms with van der Waals surface area (Å²) in [5, 5.41) is 2.88. The number of hydrogen-bond donors (Lipinski definition) is 1. The van der Waals surface area contributed by atoms with Crippen LogP contribution >= 0.6 is 0 Å². The van der Waals surface area contributed by atoms with E-state index in [1.807, 2.05) is 35.9 Å². The minimum absolute atomic E-state index is 0.00657. The summed E-state index contributed by atoms with van der Waals surface area (Å²) in [5.74, 6) is 0.648. The highest BCUT2D eigenvalue weighted by molar-refractivity contribution is 6.06. The minimum atomic E-state index is -0.585. The van der Waals surface area contributed by atoms with Crippen LogP contribution in [0.25, 0.3) is 0 Å². The van der Waals surface area contributed by atoms with Crippen LogP contribution in [0, 0.1) is 0 Å². The van der Waals surface area contributed by atoms with E-state index in [1.165, 1.54) is 0 Å². The topological polar surface area (TPSA) is 73.2 Å². The van der Waals surface area contributed by atoms with Crippen LogP contribution < -0.4 is 5.32 Å². The van der Waals surface area contributed by atoms with Gasteiger partial charge in [-0.05, 0) is 31.0 Å². The van der Waals surface area contributed by atoms with Crippen molar-refractivity contribution in [3.8, 4) is 0 Å². The average Bonchev–Trinajstić information content (AvgIpc) is 3.13. The molecule has 0 saturated carbocycles. The Kier molecular flexibility index (Phi) is 2.63. The third kappa shape index (κ3) is 1.57. The first kappa shape index (κ1) is 13.1. The number of ether oxygens (including phenoxy) is 1. The molecule has 3 heterocycles. The van der Waals surface area contributed by atoms with Gasteiger partial charge in [-0.15, -0.1) is 0 Å². The lowest BCUT2D eigenvalue weighted by Crippen LogP contribution is -2.35. The van der Waals surface area contributed by atoms with Crippen molar-refractivity contribution in [2.45, 2.75) is 31.4 Å². The number of nitrogens with zero attached hydrogens (tertiary/aromatic N) is 2. The van der Waals surface area contributed by atoms with E-state index in [0.29, 0.717) is 25.1 Å². The Morgan fingerprint density at radius 3 is 3.14 bits per heavy atom. The van der Waals surface area contributed by atoms with E-state index in [4.69, 9.17) is 4.74 Å². The zero-order chi connectivity index (χ0) is 15.3. The summed E-state index contributed by atoms with van der Waals surface area (Å²) in [6.45, 7) is 2.26. The summed E-state index contributed by atoms with van der Waals surface area (Å²) >= 11 is 0. The third-order valence-electron chi connectivity index (χ3n) is 4.71. The summed E-state index contributed by atoms with van der Waals surface area (Å²) < 4.78 is 6.95. The lowest BCUT2D eigenvalue weighted by atomic mass is 9.79. The van der Waals surface area contributed by atoms with Crippen LogP contribution in [0.2, 0.25) is 0 Å². The molecule has 2 unspecified atom stereocenters. The minimum Gasteiger partial charge on any atom is -0.444 e. The second-order valence-corrected chi connectivity index (χ2v) is 5.82. The van der Waals surface area contributed by atoms with E-state index in [1.54, 1.807) is 6.20 Å². The SMILES string of the molecule is CC(OC=O)n1ccc2c1CC1(C2)C(=O)Nc2ncccc21. The number of aromatic nitrogens is 2. The Hall–Kier alpha value is -2.63. The first-order valence-electron chi connectivity index (χ1n) is 7.20. The van der Waals surface area contributed by atoms with Crippen LogP contribution in [0.3, 0.4) is 0 Å². The molecule has 0 radical (unpaired) electrons. The van der Waals surface area contributed by atoms with Gasteiger partial charge in [0, 0.05) is 30.1 Å². The Bertz CT molecular complexity index is 783. The van der Waals surface area contributed by atoms with E-state index in [9.17, 15) is 9.59 Å². The Labute approximate surface area is 127 Å². The second kappa shape index (κ2) is 4.43. The fourth-order valence-electron chi connectivity index (χ4n) is 3.64. The quantitative estimate of drug-likeness (QED) is 0.873. The molecule has 4 rings (SSSR count). The van der Waals surface area contributed by atoms with Crippen LogP contribution in [-0.4, -0.2) is 21.9 Å². The summed E-state index contributed by atoms with van der Waals surface area (Å²) in [7, 11) is 0. The largest absolute Gasteiger partial charge is 0.444 e. The smallest absolute Gasteiger partial charge is 0.295 e. The predicted octanol–water partition coefficient (Wildman–Crippen LogP) is 1.56. The Morgan fingerprint density at radius 1 is 1.45 bits per heavy atom. The molecule has 0 fully saturated rings. The molecule has 1 aliphatic heterocycles. The highest BCUT2D eigenvalue weighted by Gasteiger charge is 2.52. The average molecular weight is 297 g/mol. The van der Waals surface area contributed by atoms with Crippen molar-refractivity contribution < 1.29 is 14.3 Å². The molecule has 22 heavy (non-hydrogen) atoms. The van der Waals surface area contributed by atoms with Gasteiger partial charge in [0.1, 0.15) is 5.82 Å². The van der Waals surface area contributed by atoms with Crippen molar-refractivity contribution in [3.05, 3.63) is 47.4 Å². The number of fused-ring (bicyclic) bond motifs is 3. The van der Waals surface area contributed by atoms with Crippen molar-refractivity contribution in [2.75, 3.05) is 5.32 Å². The van der Waals surface area contributed by atoms with E-state index < -0.39 is 5.41 Å². The highest BCUT2D eigenvalue weighted by atomic mass is 16.5. The predicted molar refractivity (Wildman–Crippen MR) is 78.2 cm³/mol. The molecule has 2 aromatic heterocycles. The molecule has 1 aliphatic carbocycles. The van der Waals surface area contributed by atoms with Crippen molar-refractivity contribution in [1.29, 1.82) is 0 Å². The number of rotatable bonds is 3. The first-order chi connectivity index (χ1) is 10.7. The van der Waals surface area contributed by atoms with Crippen molar-refractivity contribution in [1.82, 2.24) is 9.55 Å². The molecular weight excluding hydrogens is 282 g/mol. The van der Waals surface area contributed by atoms with E-state index in [-0.39, 0.29) is 12.1 Å². The van der Waals surface area contributed by atoms with E-state index in [2.05, 4.69) is 10.3 Å². The molecule has 6 nitrogen and oxygen atoms in total. The summed E-state index contributed by atoms with van der Waals surface area (Å²) in [6, 6.07) is 5.81. The lowest BCUT2D eigenvalue weighted by molar-refractivity contribution is -0.136. The highest BCUT2D eigenvalue weighted by Crippen LogP contribution is 2.47. The zero-order valence-corrected chi connectivity index (χ0v) is 12.1. The van der Waals surface area contributed by atoms with Gasteiger partial charge in [-0.3, -0.25) is 9.59 Å². The number of amides is 1. The maximum absolute atomic E-state index is 12.6. The fourth-order valence-corrected chi connectivity index (χ4v) is 3.64. The molecule has 1 amide bonds. The molecule has 0 saturated heterocycles. The second-order valence-electron chi connectivity index (χ2n) is 5.82. The van der Waals surface area contributed by atoms with Gasteiger partial charge in [-0.25, -0.2) is 4.98 Å². The number of pyridine rings is 1. The number of carbonyl (C=O) groups is 2. The maximum Gasteiger partial charge on any atom is 0.295 e. The number of nitrogens with one attached hydrogen (secondary N) is 1. The van der Waals surface area contributed by atoms with E-state index in [0.717, 1.165) is 16.8 Å². The molecule has 2 aromatic rings. The number of carbonyl (C=O) groups excluding carboxylic acids is 2. The van der Waals surface area contributed by atoms with Gasteiger partial charge in [-0.2, -0.15) is 0 Å². The van der Waals surface area contributed by atoms with Gasteiger partial charge in [-0.1, -0.05) is 6.07 Å². The fraction of sp³-hybridized carbons (Fsp3) is 0.312. The zero-order valence-electron chi connectivity index (χ0n) is 12.1. The van der Waals surface area contributed by atoms with Gasteiger partial charge in [0.15, 0.2) is 6.23 Å². The maximum atomic E-state index is 12.6. The monoisotopic (exact) mass is 297 g/mol. The number of hydrogen-bond acceptors (Lipinski definition) is 4. The van der Waals surface area contributed by atoms with Gasteiger partial charge in [0.25, 0.3) is 6.47 Å². The van der Waals surface area contributed by atoms with Crippen molar-refractivity contribution >= 4 is 18.2 Å². The standard InChI is InChI=1S/C16H15N3O3/c1-10(22-9-20)19-6-4-11-7-16(8-13(11)19)12-3-2-5-17-14(12)18-15(16)21/h2-6,9-10H,7-8H2,1H3,(H,17,18,21). The van der Waals surface area contributed by atoms with Crippen LogP contribution in [-0.2, 0) is 32.6 Å². The van der Waals surface area contributed by atoms with Gasteiger partial charge in [0.05, 0.1) is 5.41 Å².